The molecule has 2 aliphatic heterocycles. The zero-order valence-corrected chi connectivity index (χ0v) is 16.6. The van der Waals surface area contributed by atoms with E-state index in [1.807, 2.05) is 25.7 Å². The van der Waals surface area contributed by atoms with E-state index in [0.29, 0.717) is 6.54 Å². The van der Waals surface area contributed by atoms with Crippen molar-refractivity contribution in [2.75, 3.05) is 19.6 Å². The van der Waals surface area contributed by atoms with E-state index in [1.54, 1.807) is 4.90 Å². The number of carboxylic acid groups (broad SMARTS) is 1. The number of aliphatic carboxylic acids is 1. The van der Waals surface area contributed by atoms with Crippen molar-refractivity contribution in [1.29, 1.82) is 0 Å². The summed E-state index contributed by atoms with van der Waals surface area (Å²) in [5.74, 6) is -2.70. The maximum Gasteiger partial charge on any atom is 0.490 e. The number of carbonyl (C=O) groups is 3. The first-order valence-electron chi connectivity index (χ1n) is 9.41. The molecule has 2 atom stereocenters. The molecule has 162 valence electrons. The molecule has 28 heavy (non-hydrogen) atoms. The lowest BCUT2D eigenvalue weighted by Gasteiger charge is -2.35. The van der Waals surface area contributed by atoms with Crippen molar-refractivity contribution in [3.05, 3.63) is 0 Å². The van der Waals surface area contributed by atoms with Gasteiger partial charge in [0, 0.05) is 19.6 Å². The monoisotopic (exact) mass is 409 g/mol. The van der Waals surface area contributed by atoms with Gasteiger partial charge in [0.15, 0.2) is 0 Å². The molecule has 2 rings (SSSR count). The Morgan fingerprint density at radius 2 is 1.50 bits per heavy atom. The van der Waals surface area contributed by atoms with Gasteiger partial charge in [-0.25, -0.2) is 4.79 Å². The highest BCUT2D eigenvalue weighted by Gasteiger charge is 2.41. The van der Waals surface area contributed by atoms with E-state index in [1.165, 1.54) is 6.42 Å². The smallest absolute Gasteiger partial charge is 0.475 e. The number of carboxylic acids is 1. The van der Waals surface area contributed by atoms with Crippen molar-refractivity contribution in [1.82, 2.24) is 9.80 Å². The van der Waals surface area contributed by atoms with Gasteiger partial charge in [0.1, 0.15) is 6.04 Å². The van der Waals surface area contributed by atoms with Crippen molar-refractivity contribution < 1.29 is 32.7 Å². The fourth-order valence-corrected chi connectivity index (χ4v) is 3.16. The summed E-state index contributed by atoms with van der Waals surface area (Å²) in [5.41, 5.74) is 5.82. The molecule has 0 unspecified atom stereocenters. The quantitative estimate of drug-likeness (QED) is 0.726. The predicted molar refractivity (Wildman–Crippen MR) is 96.3 cm³/mol. The number of hydrogen-bond donors (Lipinski definition) is 2. The Morgan fingerprint density at radius 1 is 1.00 bits per heavy atom. The third kappa shape index (κ3) is 6.65. The Hall–Kier alpha value is -1.84. The number of amides is 2. The number of halogens is 3. The highest BCUT2D eigenvalue weighted by Crippen LogP contribution is 2.26. The molecule has 3 N–H and O–H groups in total. The van der Waals surface area contributed by atoms with Crippen LogP contribution in [0.1, 0.15) is 52.9 Å². The number of nitrogens with two attached hydrogens (primary N) is 1. The number of rotatable bonds is 2. The summed E-state index contributed by atoms with van der Waals surface area (Å²) in [6.45, 7) is 8.23. The molecule has 2 aliphatic rings. The lowest BCUT2D eigenvalue weighted by molar-refractivity contribution is -0.192. The van der Waals surface area contributed by atoms with Gasteiger partial charge in [0.05, 0.1) is 6.04 Å². The maximum atomic E-state index is 12.7. The zero-order valence-electron chi connectivity index (χ0n) is 16.6. The third-order valence-electron chi connectivity index (χ3n) is 4.93. The van der Waals surface area contributed by atoms with Crippen LogP contribution in [0.15, 0.2) is 0 Å². The Bertz CT molecular complexity index is 569. The van der Waals surface area contributed by atoms with Crippen molar-refractivity contribution in [2.24, 2.45) is 11.1 Å². The van der Waals surface area contributed by atoms with Gasteiger partial charge >= 0.3 is 12.1 Å². The summed E-state index contributed by atoms with van der Waals surface area (Å²) in [4.78, 5) is 37.9. The van der Waals surface area contributed by atoms with Crippen LogP contribution in [-0.2, 0) is 14.4 Å². The van der Waals surface area contributed by atoms with Gasteiger partial charge in [0.2, 0.25) is 11.8 Å². The van der Waals surface area contributed by atoms with E-state index in [4.69, 9.17) is 15.6 Å². The van der Waals surface area contributed by atoms with Crippen LogP contribution in [-0.4, -0.2) is 70.6 Å². The Kier molecular flexibility index (Phi) is 8.28. The van der Waals surface area contributed by atoms with E-state index < -0.39 is 18.2 Å². The summed E-state index contributed by atoms with van der Waals surface area (Å²) in [5, 5.41) is 7.12. The maximum absolute atomic E-state index is 12.7. The van der Waals surface area contributed by atoms with E-state index in [2.05, 4.69) is 0 Å². The number of likely N-dealkylation sites (tertiary alicyclic amines) is 2. The molecule has 0 aromatic rings. The summed E-state index contributed by atoms with van der Waals surface area (Å²) >= 11 is 0. The first-order valence-corrected chi connectivity index (χ1v) is 9.41. The Morgan fingerprint density at radius 3 is 1.93 bits per heavy atom. The average Bonchev–Trinajstić information content (AvgIpc) is 3.09. The van der Waals surface area contributed by atoms with Crippen molar-refractivity contribution in [3.63, 3.8) is 0 Å². The fraction of sp³-hybridized carbons (Fsp3) is 0.833. The zero-order chi connectivity index (χ0) is 21.7. The molecule has 7 nitrogen and oxygen atoms in total. The van der Waals surface area contributed by atoms with Gasteiger partial charge in [-0.05, 0) is 37.5 Å². The number of carbonyl (C=O) groups excluding carboxylic acids is 2. The molecule has 0 spiro atoms. The summed E-state index contributed by atoms with van der Waals surface area (Å²) in [6, 6.07) is -0.837. The van der Waals surface area contributed by atoms with Crippen molar-refractivity contribution in [2.45, 2.75) is 71.1 Å². The number of alkyl halides is 3. The van der Waals surface area contributed by atoms with Gasteiger partial charge in [-0.3, -0.25) is 9.59 Å². The van der Waals surface area contributed by atoms with Crippen LogP contribution >= 0.6 is 0 Å². The van der Waals surface area contributed by atoms with Gasteiger partial charge in [-0.15, -0.1) is 0 Å². The van der Waals surface area contributed by atoms with Crippen LogP contribution in [0.3, 0.4) is 0 Å². The van der Waals surface area contributed by atoms with Crippen LogP contribution in [0.5, 0.6) is 0 Å². The summed E-state index contributed by atoms with van der Waals surface area (Å²) in [6.07, 6.45) is -0.0569. The topological polar surface area (TPSA) is 104 Å². The first-order chi connectivity index (χ1) is 12.8. The molecule has 0 bridgehead atoms. The first kappa shape index (κ1) is 24.2. The number of hydrogen-bond acceptors (Lipinski definition) is 4. The minimum Gasteiger partial charge on any atom is -0.475 e. The van der Waals surface area contributed by atoms with Crippen LogP contribution in [0, 0.1) is 5.41 Å². The molecule has 0 aromatic carbocycles. The van der Waals surface area contributed by atoms with Crippen LogP contribution in [0.4, 0.5) is 13.2 Å². The molecule has 2 heterocycles. The predicted octanol–water partition coefficient (Wildman–Crippen LogP) is 2.00. The van der Waals surface area contributed by atoms with Crippen LogP contribution < -0.4 is 5.73 Å². The normalized spacial score (nSPS) is 21.6. The molecule has 2 fully saturated rings. The molecule has 2 saturated heterocycles. The fourth-order valence-electron chi connectivity index (χ4n) is 3.16. The lowest BCUT2D eigenvalue weighted by atomic mass is 9.86. The van der Waals surface area contributed by atoms with Crippen molar-refractivity contribution in [3.8, 4) is 0 Å². The van der Waals surface area contributed by atoms with Crippen LogP contribution in [0.2, 0.25) is 0 Å². The molecule has 2 amide bonds. The summed E-state index contributed by atoms with van der Waals surface area (Å²) in [7, 11) is 0. The molecule has 0 aromatic heterocycles. The second-order valence-corrected chi connectivity index (χ2v) is 8.22. The minimum atomic E-state index is -5.08. The van der Waals surface area contributed by atoms with E-state index in [9.17, 15) is 22.8 Å². The average molecular weight is 409 g/mol. The second-order valence-electron chi connectivity index (χ2n) is 8.22. The lowest BCUT2D eigenvalue weighted by Crippen LogP contribution is -2.55. The van der Waals surface area contributed by atoms with Gasteiger partial charge in [-0.2, -0.15) is 13.2 Å². The van der Waals surface area contributed by atoms with Crippen molar-refractivity contribution >= 4 is 17.8 Å². The van der Waals surface area contributed by atoms with Crippen LogP contribution in [0.25, 0.3) is 0 Å². The second kappa shape index (κ2) is 9.58. The third-order valence-corrected chi connectivity index (χ3v) is 4.93. The van der Waals surface area contributed by atoms with Gasteiger partial charge in [0.25, 0.3) is 0 Å². The molecule has 10 heteroatoms. The van der Waals surface area contributed by atoms with Gasteiger partial charge in [-0.1, -0.05) is 20.8 Å². The van der Waals surface area contributed by atoms with E-state index >= 15 is 0 Å². The molecular weight excluding hydrogens is 379 g/mol. The highest BCUT2D eigenvalue weighted by molar-refractivity contribution is 5.90. The Balaban J connectivity index is 0.000000480. The SMILES string of the molecule is CC(C)(C)[C@H](N)C(=O)N1CCC[C@H]1C(=O)N1CCCCC1.O=C(O)C(F)(F)F. The molecule has 0 radical (unpaired) electrons. The minimum absolute atomic E-state index is 0.0737. The van der Waals surface area contributed by atoms with Gasteiger partial charge < -0.3 is 20.6 Å². The summed E-state index contributed by atoms with van der Waals surface area (Å²) < 4.78 is 31.7. The number of nitrogens with zero attached hydrogens (tertiary/aromatic N) is 2. The number of piperidine rings is 1. The molecule has 0 saturated carbocycles. The van der Waals surface area contributed by atoms with E-state index in [0.717, 1.165) is 38.8 Å². The standard InChI is InChI=1S/C16H29N3O2.C2HF3O2/c1-16(2,3)13(17)15(21)19-11-7-8-12(19)14(20)18-9-5-4-6-10-18;3-2(4,5)1(6)7/h12-13H,4-11,17H2,1-3H3;(H,6,7)/t12-,13+;/m0./s1. The van der Waals surface area contributed by atoms with E-state index in [-0.39, 0.29) is 23.3 Å². The Labute approximate surface area is 163 Å². The molecule has 0 aliphatic carbocycles. The highest BCUT2D eigenvalue weighted by atomic mass is 19.4. The largest absolute Gasteiger partial charge is 0.490 e. The molecular formula is C18H30F3N3O4.